The minimum absolute atomic E-state index is 0.250. The van der Waals surface area contributed by atoms with Crippen LogP contribution < -0.4 is 0 Å². The highest BCUT2D eigenvalue weighted by Gasteiger charge is 2.29. The first-order chi connectivity index (χ1) is 9.28. The first-order valence-corrected chi connectivity index (χ1v) is 7.57. The van der Waals surface area contributed by atoms with E-state index < -0.39 is 16.9 Å². The largest absolute Gasteiger partial charge is 0.755 e. The van der Waals surface area contributed by atoms with Crippen LogP contribution in [0, 0.1) is 0 Å². The van der Waals surface area contributed by atoms with Crippen LogP contribution in [0.25, 0.3) is 0 Å². The Morgan fingerprint density at radius 2 is 2.30 bits per heavy atom. The highest BCUT2D eigenvalue weighted by Crippen LogP contribution is 2.29. The molecule has 0 amide bonds. The molecule has 1 N–H and O–H groups in total. The van der Waals surface area contributed by atoms with Crippen molar-refractivity contribution >= 4 is 11.3 Å². The summed E-state index contributed by atoms with van der Waals surface area (Å²) >= 11 is -2.35. The van der Waals surface area contributed by atoms with Crippen molar-refractivity contribution < 1.29 is 18.6 Å². The van der Waals surface area contributed by atoms with E-state index in [1.54, 1.807) is 39.0 Å². The topological polar surface area (TPSA) is 72.8 Å². The maximum Gasteiger partial charge on any atom is 0.143 e. The maximum atomic E-state index is 11.3. The van der Waals surface area contributed by atoms with E-state index in [0.29, 0.717) is 24.3 Å². The van der Waals surface area contributed by atoms with E-state index in [2.05, 4.69) is 6.58 Å². The van der Waals surface area contributed by atoms with Gasteiger partial charge in [0.15, 0.2) is 0 Å². The van der Waals surface area contributed by atoms with Crippen LogP contribution in [0.15, 0.2) is 36.3 Å². The highest BCUT2D eigenvalue weighted by molar-refractivity contribution is 7.76. The van der Waals surface area contributed by atoms with Crippen molar-refractivity contribution in [1.82, 2.24) is 4.31 Å². The second-order valence-corrected chi connectivity index (χ2v) is 6.18. The number of hydrogen-bond donors (Lipinski definition) is 1. The molecule has 20 heavy (non-hydrogen) atoms. The third-order valence-corrected chi connectivity index (χ3v) is 3.69. The Hall–Kier alpha value is -1.11. The summed E-state index contributed by atoms with van der Waals surface area (Å²) in [7, 11) is 0. The minimum Gasteiger partial charge on any atom is -0.755 e. The zero-order chi connectivity index (χ0) is 15.3. The van der Waals surface area contributed by atoms with Crippen molar-refractivity contribution in [1.29, 1.82) is 0 Å². The van der Waals surface area contributed by atoms with Crippen LogP contribution in [0.5, 0.6) is 0 Å². The molecular weight excluding hydrogens is 278 g/mol. The van der Waals surface area contributed by atoms with Crippen molar-refractivity contribution in [3.05, 3.63) is 36.3 Å². The predicted octanol–water partition coefficient (Wildman–Crippen LogP) is 2.01. The van der Waals surface area contributed by atoms with Gasteiger partial charge in [-0.15, -0.1) is 0 Å². The Bertz CT molecular complexity index is 437. The Morgan fingerprint density at radius 3 is 2.75 bits per heavy atom. The second kappa shape index (κ2) is 7.06. The zero-order valence-electron chi connectivity index (χ0n) is 12.2. The Kier molecular flexibility index (Phi) is 5.98. The summed E-state index contributed by atoms with van der Waals surface area (Å²) in [5, 5.41) is 9.76. The average molecular weight is 300 g/mol. The summed E-state index contributed by atoms with van der Waals surface area (Å²) in [5.74, 6) is 0.485. The van der Waals surface area contributed by atoms with Crippen molar-refractivity contribution in [2.45, 2.75) is 45.3 Å². The van der Waals surface area contributed by atoms with Gasteiger partial charge in [0.1, 0.15) is 11.9 Å². The molecule has 0 saturated carbocycles. The van der Waals surface area contributed by atoms with Crippen LogP contribution in [0.1, 0.15) is 33.6 Å². The maximum absolute atomic E-state index is 11.3. The molecule has 1 rings (SSSR count). The SMILES string of the molecule is C=C/C=C1/OC(CCC(C)(C)O)CN(S(=O)[O-])/C1=C/C. The standard InChI is InChI=1S/C14H23NO4S/c1-5-7-13-12(6-2)15(20(17)18)10-11(19-13)8-9-14(3,4)16/h5-7,11,16H,1,8-10H2,2-4H3,(H,17,18)/p-1/b12-6+,13-7+. The fourth-order valence-corrected chi connectivity index (χ4v) is 2.65. The van der Waals surface area contributed by atoms with Gasteiger partial charge in [-0.3, -0.25) is 8.51 Å². The molecule has 0 aromatic rings. The lowest BCUT2D eigenvalue weighted by molar-refractivity contribution is 0.0241. The van der Waals surface area contributed by atoms with Crippen molar-refractivity contribution in [2.24, 2.45) is 0 Å². The van der Waals surface area contributed by atoms with Gasteiger partial charge in [0.2, 0.25) is 0 Å². The van der Waals surface area contributed by atoms with Crippen LogP contribution in [-0.4, -0.2) is 36.4 Å². The molecule has 0 bridgehead atoms. The van der Waals surface area contributed by atoms with E-state index in [9.17, 15) is 13.9 Å². The molecule has 0 radical (unpaired) electrons. The van der Waals surface area contributed by atoms with E-state index in [4.69, 9.17) is 4.74 Å². The molecule has 2 unspecified atom stereocenters. The second-order valence-electron chi connectivity index (χ2n) is 5.31. The van der Waals surface area contributed by atoms with Crippen LogP contribution in [0.4, 0.5) is 0 Å². The molecule has 1 aliphatic rings. The lowest BCUT2D eigenvalue weighted by atomic mass is 9.99. The van der Waals surface area contributed by atoms with E-state index >= 15 is 0 Å². The number of morpholine rings is 1. The van der Waals surface area contributed by atoms with Gasteiger partial charge in [0.25, 0.3) is 0 Å². The monoisotopic (exact) mass is 300 g/mol. The molecule has 0 aliphatic carbocycles. The molecule has 1 heterocycles. The number of aliphatic hydroxyl groups is 1. The van der Waals surface area contributed by atoms with E-state index in [-0.39, 0.29) is 12.6 Å². The molecule has 0 aromatic carbocycles. The van der Waals surface area contributed by atoms with Gasteiger partial charge in [-0.25, -0.2) is 0 Å². The fourth-order valence-electron chi connectivity index (χ4n) is 2.01. The summed E-state index contributed by atoms with van der Waals surface area (Å²) in [6.07, 6.45) is 5.71. The van der Waals surface area contributed by atoms with Gasteiger partial charge < -0.3 is 14.4 Å². The third-order valence-electron chi connectivity index (χ3n) is 2.98. The van der Waals surface area contributed by atoms with Gasteiger partial charge in [0, 0.05) is 11.3 Å². The lowest BCUT2D eigenvalue weighted by Crippen LogP contribution is -2.41. The number of allylic oxidation sites excluding steroid dienone is 3. The molecule has 5 nitrogen and oxygen atoms in total. The van der Waals surface area contributed by atoms with Gasteiger partial charge in [0.05, 0.1) is 17.8 Å². The number of rotatable bonds is 5. The highest BCUT2D eigenvalue weighted by atomic mass is 32.2. The first-order valence-electron chi connectivity index (χ1n) is 6.54. The van der Waals surface area contributed by atoms with Gasteiger partial charge >= 0.3 is 0 Å². The van der Waals surface area contributed by atoms with Crippen LogP contribution in [-0.2, 0) is 16.0 Å². The van der Waals surface area contributed by atoms with Crippen molar-refractivity contribution in [3.8, 4) is 0 Å². The van der Waals surface area contributed by atoms with Gasteiger partial charge in [-0.05, 0) is 39.7 Å². The van der Waals surface area contributed by atoms with Crippen LogP contribution >= 0.6 is 0 Å². The fraction of sp³-hybridized carbons (Fsp3) is 0.571. The van der Waals surface area contributed by atoms with E-state index in [1.807, 2.05) is 0 Å². The third kappa shape index (κ3) is 4.77. The summed E-state index contributed by atoms with van der Waals surface area (Å²) in [4.78, 5) is 0. The molecular formula is C14H22NO4S-. The van der Waals surface area contributed by atoms with Gasteiger partial charge in [-0.1, -0.05) is 18.7 Å². The predicted molar refractivity (Wildman–Crippen MR) is 78.1 cm³/mol. The van der Waals surface area contributed by atoms with Crippen LogP contribution in [0.2, 0.25) is 0 Å². The average Bonchev–Trinajstić information content (AvgIpc) is 2.35. The lowest BCUT2D eigenvalue weighted by Gasteiger charge is -2.39. The summed E-state index contributed by atoms with van der Waals surface area (Å²) < 4.78 is 29.8. The summed E-state index contributed by atoms with van der Waals surface area (Å²) in [6, 6.07) is 0. The summed E-state index contributed by atoms with van der Waals surface area (Å²) in [6.45, 7) is 9.05. The molecule has 0 aromatic heterocycles. The minimum atomic E-state index is -2.35. The normalized spacial score (nSPS) is 25.6. The van der Waals surface area contributed by atoms with Crippen molar-refractivity contribution in [3.63, 3.8) is 0 Å². The van der Waals surface area contributed by atoms with Crippen LogP contribution in [0.3, 0.4) is 0 Å². The van der Waals surface area contributed by atoms with Crippen molar-refractivity contribution in [2.75, 3.05) is 6.54 Å². The number of nitrogens with zero attached hydrogens (tertiary/aromatic N) is 1. The quantitative estimate of drug-likeness (QED) is 0.788. The molecule has 1 fully saturated rings. The van der Waals surface area contributed by atoms with E-state index in [1.165, 1.54) is 4.31 Å². The number of hydrogen-bond acceptors (Lipinski definition) is 4. The molecule has 0 spiro atoms. The molecule has 1 aliphatic heterocycles. The molecule has 114 valence electrons. The number of ether oxygens (including phenoxy) is 1. The molecule has 1 saturated heterocycles. The zero-order valence-corrected chi connectivity index (χ0v) is 13.0. The Labute approximate surface area is 123 Å². The smallest absolute Gasteiger partial charge is 0.143 e. The Morgan fingerprint density at radius 1 is 1.65 bits per heavy atom. The Balaban J connectivity index is 2.90. The molecule has 6 heteroatoms. The first kappa shape index (κ1) is 16.9. The van der Waals surface area contributed by atoms with Gasteiger partial charge in [-0.2, -0.15) is 0 Å². The van der Waals surface area contributed by atoms with E-state index in [0.717, 1.165) is 0 Å². The molecule has 2 atom stereocenters. The summed E-state index contributed by atoms with van der Waals surface area (Å²) in [5.41, 5.74) is -0.286.